The maximum atomic E-state index is 6.37. The lowest BCUT2D eigenvalue weighted by Gasteiger charge is -2.24. The number of nitrogens with zero attached hydrogens (tertiary/aromatic N) is 1. The molecule has 0 bridgehead atoms. The summed E-state index contributed by atoms with van der Waals surface area (Å²) in [6.45, 7) is 1.77. The van der Waals surface area contributed by atoms with Crippen LogP contribution in [0.3, 0.4) is 0 Å². The largest absolute Gasteiger partial charge is 0.373 e. The molecule has 0 aliphatic carbocycles. The summed E-state index contributed by atoms with van der Waals surface area (Å²) >= 11 is 6.37. The highest BCUT2D eigenvalue weighted by Gasteiger charge is 2.11. The van der Waals surface area contributed by atoms with Crippen molar-refractivity contribution < 1.29 is 0 Å². The topological polar surface area (TPSA) is 15.3 Å². The van der Waals surface area contributed by atoms with Gasteiger partial charge in [-0.15, -0.1) is 0 Å². The first-order chi connectivity index (χ1) is 9.72. The van der Waals surface area contributed by atoms with Crippen molar-refractivity contribution in [2.45, 2.75) is 13.0 Å². The zero-order valence-corrected chi connectivity index (χ0v) is 12.8. The van der Waals surface area contributed by atoms with Gasteiger partial charge in [0.25, 0.3) is 0 Å². The zero-order chi connectivity index (χ0) is 14.4. The molecule has 2 nitrogen and oxygen atoms in total. The molecule has 2 aromatic rings. The van der Waals surface area contributed by atoms with Gasteiger partial charge in [-0.3, -0.25) is 0 Å². The fourth-order valence-electron chi connectivity index (χ4n) is 2.37. The highest BCUT2D eigenvalue weighted by Crippen LogP contribution is 2.29. The Morgan fingerprint density at radius 2 is 1.80 bits per heavy atom. The van der Waals surface area contributed by atoms with Gasteiger partial charge < -0.3 is 10.2 Å². The van der Waals surface area contributed by atoms with Gasteiger partial charge in [-0.2, -0.15) is 0 Å². The molecule has 0 heterocycles. The molecular weight excluding hydrogens is 268 g/mol. The first-order valence-corrected chi connectivity index (χ1v) is 7.27. The van der Waals surface area contributed by atoms with Crippen LogP contribution in [0.15, 0.2) is 48.5 Å². The third-order valence-electron chi connectivity index (χ3n) is 3.40. The normalized spacial score (nSPS) is 10.6. The van der Waals surface area contributed by atoms with E-state index in [1.54, 1.807) is 0 Å². The second kappa shape index (κ2) is 7.32. The fraction of sp³-hybridized carbons (Fsp3) is 0.294. The van der Waals surface area contributed by atoms with E-state index in [0.29, 0.717) is 0 Å². The lowest BCUT2D eigenvalue weighted by Crippen LogP contribution is -2.23. The Morgan fingerprint density at radius 1 is 1.05 bits per heavy atom. The molecule has 106 valence electrons. The molecule has 0 aromatic heterocycles. The third-order valence-corrected chi connectivity index (χ3v) is 3.70. The van der Waals surface area contributed by atoms with Gasteiger partial charge in [0.1, 0.15) is 0 Å². The van der Waals surface area contributed by atoms with E-state index in [4.69, 9.17) is 11.6 Å². The molecule has 0 fully saturated rings. The van der Waals surface area contributed by atoms with Crippen molar-refractivity contribution in [3.8, 4) is 0 Å². The van der Waals surface area contributed by atoms with Gasteiger partial charge in [0.15, 0.2) is 0 Å². The summed E-state index contributed by atoms with van der Waals surface area (Å²) in [6, 6.07) is 16.6. The first kappa shape index (κ1) is 14.9. The average molecular weight is 289 g/mol. The van der Waals surface area contributed by atoms with Crippen LogP contribution in [0.2, 0.25) is 5.02 Å². The van der Waals surface area contributed by atoms with E-state index >= 15 is 0 Å². The van der Waals surface area contributed by atoms with Gasteiger partial charge in [0.2, 0.25) is 0 Å². The summed E-state index contributed by atoms with van der Waals surface area (Å²) in [4.78, 5) is 2.24. The average Bonchev–Trinajstić information content (AvgIpc) is 2.46. The molecule has 0 atom stereocenters. The van der Waals surface area contributed by atoms with Gasteiger partial charge in [-0.05, 0) is 30.7 Å². The molecule has 0 radical (unpaired) electrons. The maximum absolute atomic E-state index is 6.37. The van der Waals surface area contributed by atoms with Crippen molar-refractivity contribution in [2.75, 3.05) is 25.5 Å². The standard InChI is InChI=1S/C17H21ClN2/c1-19-13-15-9-6-10-16(18)17(15)20(2)12-11-14-7-4-3-5-8-14/h3-10,19H,11-13H2,1-2H3. The summed E-state index contributed by atoms with van der Waals surface area (Å²) in [5, 5.41) is 4.01. The highest BCUT2D eigenvalue weighted by atomic mass is 35.5. The summed E-state index contributed by atoms with van der Waals surface area (Å²) in [6.07, 6.45) is 1.02. The van der Waals surface area contributed by atoms with E-state index < -0.39 is 0 Å². The van der Waals surface area contributed by atoms with Crippen LogP contribution in [0, 0.1) is 0 Å². The summed E-state index contributed by atoms with van der Waals surface area (Å²) in [5.41, 5.74) is 3.71. The van der Waals surface area contributed by atoms with Crippen LogP contribution in [0.25, 0.3) is 0 Å². The molecule has 3 heteroatoms. The Labute approximate surface area is 126 Å². The van der Waals surface area contributed by atoms with E-state index in [1.807, 2.05) is 25.2 Å². The molecule has 0 amide bonds. The van der Waals surface area contributed by atoms with Crippen LogP contribution in [0.4, 0.5) is 5.69 Å². The minimum atomic E-state index is 0.813. The molecular formula is C17H21ClN2. The van der Waals surface area contributed by atoms with Gasteiger partial charge >= 0.3 is 0 Å². The number of nitrogens with one attached hydrogen (secondary N) is 1. The van der Waals surface area contributed by atoms with Crippen molar-refractivity contribution in [2.24, 2.45) is 0 Å². The molecule has 0 saturated heterocycles. The lowest BCUT2D eigenvalue weighted by molar-refractivity contribution is 0.802. The molecule has 1 N–H and O–H groups in total. The SMILES string of the molecule is CNCc1cccc(Cl)c1N(C)CCc1ccccc1. The quantitative estimate of drug-likeness (QED) is 0.871. The first-order valence-electron chi connectivity index (χ1n) is 6.89. The minimum Gasteiger partial charge on any atom is -0.373 e. The van der Waals surface area contributed by atoms with Crippen LogP contribution in [0.5, 0.6) is 0 Å². The summed E-state index contributed by atoms with van der Waals surface area (Å²) in [7, 11) is 4.05. The second-order valence-electron chi connectivity index (χ2n) is 4.94. The molecule has 0 aliphatic heterocycles. The number of anilines is 1. The zero-order valence-electron chi connectivity index (χ0n) is 12.1. The van der Waals surface area contributed by atoms with Gasteiger partial charge in [0, 0.05) is 20.1 Å². The Balaban J connectivity index is 2.10. The van der Waals surface area contributed by atoms with E-state index in [1.165, 1.54) is 11.1 Å². The number of hydrogen-bond acceptors (Lipinski definition) is 2. The van der Waals surface area contributed by atoms with Crippen LogP contribution in [-0.2, 0) is 13.0 Å². The monoisotopic (exact) mass is 288 g/mol. The van der Waals surface area contributed by atoms with Gasteiger partial charge in [0.05, 0.1) is 10.7 Å². The maximum Gasteiger partial charge on any atom is 0.0642 e. The van der Waals surface area contributed by atoms with E-state index in [2.05, 4.69) is 47.6 Å². The second-order valence-corrected chi connectivity index (χ2v) is 5.34. The Bertz CT molecular complexity index is 540. The third kappa shape index (κ3) is 3.75. The molecule has 2 rings (SSSR count). The Morgan fingerprint density at radius 3 is 2.50 bits per heavy atom. The molecule has 20 heavy (non-hydrogen) atoms. The van der Waals surface area contributed by atoms with E-state index in [9.17, 15) is 0 Å². The van der Waals surface area contributed by atoms with Gasteiger partial charge in [-0.1, -0.05) is 54.1 Å². The van der Waals surface area contributed by atoms with Crippen molar-refractivity contribution in [3.05, 3.63) is 64.7 Å². The van der Waals surface area contributed by atoms with Crippen LogP contribution >= 0.6 is 11.6 Å². The van der Waals surface area contributed by atoms with E-state index in [0.717, 1.165) is 30.2 Å². The predicted octanol–water partition coefficient (Wildman–Crippen LogP) is 3.74. The molecule has 0 aliphatic rings. The Hall–Kier alpha value is -1.51. The number of hydrogen-bond donors (Lipinski definition) is 1. The molecule has 0 spiro atoms. The summed E-state index contributed by atoms with van der Waals surface area (Å²) < 4.78 is 0. The number of para-hydroxylation sites is 1. The highest BCUT2D eigenvalue weighted by molar-refractivity contribution is 6.33. The van der Waals surface area contributed by atoms with Crippen molar-refractivity contribution in [1.82, 2.24) is 5.32 Å². The molecule has 0 unspecified atom stereocenters. The lowest BCUT2D eigenvalue weighted by atomic mass is 10.1. The van der Waals surface area contributed by atoms with Crippen molar-refractivity contribution in [1.29, 1.82) is 0 Å². The fourth-order valence-corrected chi connectivity index (χ4v) is 2.71. The van der Waals surface area contributed by atoms with E-state index in [-0.39, 0.29) is 0 Å². The Kier molecular flexibility index (Phi) is 5.45. The molecule has 2 aromatic carbocycles. The number of rotatable bonds is 6. The molecule has 0 saturated carbocycles. The number of likely N-dealkylation sites (N-methyl/N-ethyl adjacent to an activating group) is 1. The van der Waals surface area contributed by atoms with Crippen LogP contribution < -0.4 is 10.2 Å². The minimum absolute atomic E-state index is 0.813. The summed E-state index contributed by atoms with van der Waals surface area (Å²) in [5.74, 6) is 0. The van der Waals surface area contributed by atoms with Gasteiger partial charge in [-0.25, -0.2) is 0 Å². The van der Waals surface area contributed by atoms with Crippen molar-refractivity contribution in [3.63, 3.8) is 0 Å². The number of halogens is 1. The number of benzene rings is 2. The van der Waals surface area contributed by atoms with Crippen molar-refractivity contribution >= 4 is 17.3 Å². The van der Waals surface area contributed by atoms with Crippen LogP contribution in [-0.4, -0.2) is 20.6 Å². The smallest absolute Gasteiger partial charge is 0.0642 e. The van der Waals surface area contributed by atoms with Crippen LogP contribution in [0.1, 0.15) is 11.1 Å². The predicted molar refractivity (Wildman–Crippen MR) is 87.6 cm³/mol.